The molecule has 0 radical (unpaired) electrons. The lowest BCUT2D eigenvalue weighted by atomic mass is 10.0. The lowest BCUT2D eigenvalue weighted by Gasteiger charge is -2.27. The van der Waals surface area contributed by atoms with Crippen LogP contribution in [0.25, 0.3) is 5.69 Å². The molecule has 4 fully saturated rings. The second-order valence-electron chi connectivity index (χ2n) is 12.0. The summed E-state index contributed by atoms with van der Waals surface area (Å²) in [5, 5.41) is 2.76. The molecule has 6 rings (SSSR count). The van der Waals surface area contributed by atoms with Crippen molar-refractivity contribution in [2.45, 2.75) is 32.0 Å². The summed E-state index contributed by atoms with van der Waals surface area (Å²) in [6.07, 6.45) is 1.63. The van der Waals surface area contributed by atoms with Crippen LogP contribution in [0.3, 0.4) is 0 Å². The van der Waals surface area contributed by atoms with Crippen LogP contribution in [-0.2, 0) is 11.3 Å². The first-order chi connectivity index (χ1) is 18.1. The van der Waals surface area contributed by atoms with Crippen molar-refractivity contribution in [2.24, 2.45) is 35.1 Å². The third-order valence-electron chi connectivity index (χ3n) is 8.61. The summed E-state index contributed by atoms with van der Waals surface area (Å²) < 4.78 is 1.47. The molecule has 0 bridgehead atoms. The predicted molar refractivity (Wildman–Crippen MR) is 142 cm³/mol. The molecule has 1 aliphatic carbocycles. The molecule has 202 valence electrons. The van der Waals surface area contributed by atoms with Gasteiger partial charge in [-0.3, -0.25) is 19.6 Å². The third kappa shape index (κ3) is 4.70. The van der Waals surface area contributed by atoms with Gasteiger partial charge in [-0.05, 0) is 49.4 Å². The van der Waals surface area contributed by atoms with Crippen molar-refractivity contribution in [3.05, 3.63) is 52.6 Å². The number of nitrogens with two attached hydrogens (primary N) is 2. The highest BCUT2D eigenvalue weighted by Crippen LogP contribution is 2.44. The summed E-state index contributed by atoms with van der Waals surface area (Å²) in [6, 6.07) is 9.65. The quantitative estimate of drug-likeness (QED) is 0.514. The Kier molecular flexibility index (Phi) is 6.04. The highest BCUT2D eigenvalue weighted by molar-refractivity contribution is 5.88. The molecule has 4 atom stereocenters. The number of aromatic nitrogens is 2. The first-order valence-electron chi connectivity index (χ1n) is 13.4. The molecule has 4 heterocycles. The smallest absolute Gasteiger partial charge is 0.340 e. The number of hydrogen-bond donors (Lipinski definition) is 3. The Bertz CT molecular complexity index is 1280. The van der Waals surface area contributed by atoms with Crippen molar-refractivity contribution in [2.75, 3.05) is 44.6 Å². The van der Waals surface area contributed by atoms with Crippen LogP contribution in [0.1, 0.15) is 19.4 Å². The average molecular weight is 521 g/mol. The SMILES string of the molecule is CC(C)(N)C(=O)N1CC2CN(C(=O)Nc3ccn(-c4ccc(CN5CC6C(N)C6C5)cc4)c(=O)n3)CC2C1. The number of amides is 3. The van der Waals surface area contributed by atoms with E-state index >= 15 is 0 Å². The zero-order valence-corrected chi connectivity index (χ0v) is 21.9. The maximum absolute atomic E-state index is 12.9. The standard InChI is InChI=1S/C27H36N8O3/c1-27(2,29)24(36)33-10-17-12-34(13-18(17)11-33)25(37)30-22-7-8-35(26(38)31-22)19-5-3-16(4-6-19)9-32-14-20-21(15-32)23(20)28/h3-8,17-18,20-21,23H,9-15,28-29H2,1-2H3,(H,30,31,37,38). The van der Waals surface area contributed by atoms with Gasteiger partial charge in [0.15, 0.2) is 0 Å². The molecule has 3 saturated heterocycles. The average Bonchev–Trinajstić information content (AvgIpc) is 3.30. The van der Waals surface area contributed by atoms with Crippen molar-refractivity contribution in [1.29, 1.82) is 0 Å². The van der Waals surface area contributed by atoms with Crippen LogP contribution in [0.5, 0.6) is 0 Å². The zero-order chi connectivity index (χ0) is 26.8. The number of hydrogen-bond acceptors (Lipinski definition) is 7. The van der Waals surface area contributed by atoms with Crippen LogP contribution in [0.15, 0.2) is 41.3 Å². The number of carbonyl (C=O) groups excluding carboxylic acids is 2. The molecule has 11 nitrogen and oxygen atoms in total. The molecule has 2 aromatic rings. The summed E-state index contributed by atoms with van der Waals surface area (Å²) in [7, 11) is 0. The lowest BCUT2D eigenvalue weighted by Crippen LogP contribution is -2.51. The Morgan fingerprint density at radius 2 is 1.58 bits per heavy atom. The van der Waals surface area contributed by atoms with E-state index in [0.717, 1.165) is 25.3 Å². The molecule has 1 aromatic heterocycles. The van der Waals surface area contributed by atoms with E-state index in [1.54, 1.807) is 31.0 Å². The molecule has 38 heavy (non-hydrogen) atoms. The van der Waals surface area contributed by atoms with E-state index in [-0.39, 0.29) is 29.6 Å². The number of likely N-dealkylation sites (tertiary alicyclic amines) is 3. The van der Waals surface area contributed by atoms with Crippen LogP contribution >= 0.6 is 0 Å². The second kappa shape index (κ2) is 9.18. The maximum atomic E-state index is 12.9. The van der Waals surface area contributed by atoms with Crippen molar-refractivity contribution in [1.82, 2.24) is 24.3 Å². The number of benzene rings is 1. The minimum absolute atomic E-state index is 0.0598. The second-order valence-corrected chi connectivity index (χ2v) is 12.0. The third-order valence-corrected chi connectivity index (χ3v) is 8.61. The molecular weight excluding hydrogens is 484 g/mol. The number of fused-ring (bicyclic) bond motifs is 2. The van der Waals surface area contributed by atoms with E-state index in [1.165, 1.54) is 10.1 Å². The van der Waals surface area contributed by atoms with E-state index in [1.807, 2.05) is 29.2 Å². The summed E-state index contributed by atoms with van der Waals surface area (Å²) in [5.74, 6) is 1.93. The molecular formula is C27H36N8O3. The Hall–Kier alpha value is -3.28. The first kappa shape index (κ1) is 25.0. The highest BCUT2D eigenvalue weighted by Gasteiger charge is 2.53. The minimum atomic E-state index is -0.896. The molecule has 11 heteroatoms. The van der Waals surface area contributed by atoms with Crippen LogP contribution in [0.2, 0.25) is 0 Å². The Morgan fingerprint density at radius 3 is 2.16 bits per heavy atom. The van der Waals surface area contributed by atoms with Gasteiger partial charge in [0.1, 0.15) is 5.82 Å². The van der Waals surface area contributed by atoms with Gasteiger partial charge in [0.05, 0.1) is 11.2 Å². The lowest BCUT2D eigenvalue weighted by molar-refractivity contribution is -0.135. The molecule has 0 spiro atoms. The molecule has 3 aliphatic heterocycles. The number of carbonyl (C=O) groups is 2. The number of nitrogens with zero attached hydrogens (tertiary/aromatic N) is 5. The number of nitrogens with one attached hydrogen (secondary N) is 1. The topological polar surface area (TPSA) is 143 Å². The summed E-state index contributed by atoms with van der Waals surface area (Å²) in [6.45, 7) is 8.76. The van der Waals surface area contributed by atoms with E-state index in [0.29, 0.717) is 44.1 Å². The van der Waals surface area contributed by atoms with Gasteiger partial charge in [-0.1, -0.05) is 12.1 Å². The van der Waals surface area contributed by atoms with E-state index in [4.69, 9.17) is 11.5 Å². The van der Waals surface area contributed by atoms with Crippen molar-refractivity contribution < 1.29 is 9.59 Å². The Morgan fingerprint density at radius 1 is 0.974 bits per heavy atom. The minimum Gasteiger partial charge on any atom is -0.340 e. The Labute approximate surface area is 221 Å². The maximum Gasteiger partial charge on any atom is 0.354 e. The van der Waals surface area contributed by atoms with Gasteiger partial charge >= 0.3 is 11.7 Å². The molecule has 1 saturated carbocycles. The Balaban J connectivity index is 1.03. The summed E-state index contributed by atoms with van der Waals surface area (Å²) in [5.41, 5.74) is 12.6. The van der Waals surface area contributed by atoms with Crippen molar-refractivity contribution in [3.63, 3.8) is 0 Å². The molecule has 5 N–H and O–H groups in total. The van der Waals surface area contributed by atoms with Crippen molar-refractivity contribution >= 4 is 17.8 Å². The fourth-order valence-electron chi connectivity index (χ4n) is 6.40. The largest absolute Gasteiger partial charge is 0.354 e. The summed E-state index contributed by atoms with van der Waals surface area (Å²) >= 11 is 0. The number of anilines is 1. The summed E-state index contributed by atoms with van der Waals surface area (Å²) in [4.78, 5) is 48.1. The fraction of sp³-hybridized carbons (Fsp3) is 0.556. The normalized spacial score (nSPS) is 28.4. The van der Waals surface area contributed by atoms with Crippen LogP contribution in [0.4, 0.5) is 10.6 Å². The number of rotatable bonds is 5. The van der Waals surface area contributed by atoms with Crippen LogP contribution < -0.4 is 22.5 Å². The van der Waals surface area contributed by atoms with Gasteiger partial charge in [0, 0.05) is 69.9 Å². The van der Waals surface area contributed by atoms with Crippen LogP contribution in [-0.4, -0.2) is 87.0 Å². The predicted octanol–water partition coefficient (Wildman–Crippen LogP) is 0.281. The molecule has 3 amide bonds. The highest BCUT2D eigenvalue weighted by atomic mass is 16.2. The van der Waals surface area contributed by atoms with Gasteiger partial charge in [-0.2, -0.15) is 4.98 Å². The fourth-order valence-corrected chi connectivity index (χ4v) is 6.40. The zero-order valence-electron chi connectivity index (χ0n) is 21.9. The van der Waals surface area contributed by atoms with Gasteiger partial charge in [-0.15, -0.1) is 0 Å². The van der Waals surface area contributed by atoms with E-state index in [9.17, 15) is 14.4 Å². The van der Waals surface area contributed by atoms with Gasteiger partial charge < -0.3 is 21.3 Å². The van der Waals surface area contributed by atoms with Gasteiger partial charge in [0.2, 0.25) is 5.91 Å². The van der Waals surface area contributed by atoms with E-state index < -0.39 is 11.2 Å². The number of piperidine rings is 1. The molecule has 4 unspecified atom stereocenters. The molecule has 1 aromatic carbocycles. The molecule has 4 aliphatic rings. The van der Waals surface area contributed by atoms with E-state index in [2.05, 4.69) is 15.2 Å². The van der Waals surface area contributed by atoms with Gasteiger partial charge in [0.25, 0.3) is 0 Å². The van der Waals surface area contributed by atoms with Crippen molar-refractivity contribution in [3.8, 4) is 5.69 Å². The van der Waals surface area contributed by atoms with Gasteiger partial charge in [-0.25, -0.2) is 9.59 Å². The first-order valence-corrected chi connectivity index (χ1v) is 13.4. The number of urea groups is 1. The van der Waals surface area contributed by atoms with Crippen LogP contribution in [0, 0.1) is 23.7 Å². The monoisotopic (exact) mass is 520 g/mol.